The van der Waals surface area contributed by atoms with E-state index in [1.165, 1.54) is 12.1 Å². The number of aromatic nitrogens is 3. The Hall–Kier alpha value is -6.22. The van der Waals surface area contributed by atoms with Gasteiger partial charge in [-0.1, -0.05) is 25.6 Å². The molecular weight excluding hydrogens is 760 g/mol. The van der Waals surface area contributed by atoms with Crippen molar-refractivity contribution in [3.05, 3.63) is 189 Å². The van der Waals surface area contributed by atoms with Crippen LogP contribution in [0.4, 0.5) is 32.8 Å². The molecule has 0 bridgehead atoms. The third-order valence-electron chi connectivity index (χ3n) is 7.03. The normalized spacial score (nSPS) is 9.25. The van der Waals surface area contributed by atoms with Crippen LogP contribution in [-0.2, 0) is 19.3 Å². The smallest absolute Gasteiger partial charge is 0.269 e. The second kappa shape index (κ2) is 29.2. The molecule has 0 saturated carbocycles. The van der Waals surface area contributed by atoms with Gasteiger partial charge in [0, 0.05) is 109 Å². The second-order valence-electron chi connectivity index (χ2n) is 11.0. The summed E-state index contributed by atoms with van der Waals surface area (Å²) < 4.78 is 12.1. The summed E-state index contributed by atoms with van der Waals surface area (Å²) in [5, 5.41) is 27.0. The Morgan fingerprint density at radius 3 is 1.25 bits per heavy atom. The molecule has 0 aliphatic carbocycles. The van der Waals surface area contributed by atoms with Gasteiger partial charge in [0.1, 0.15) is 5.82 Å². The molecule has 56 heavy (non-hydrogen) atoms. The summed E-state index contributed by atoms with van der Waals surface area (Å²) in [7, 11) is 0. The second-order valence-corrected chi connectivity index (χ2v) is 11.0. The fourth-order valence-corrected chi connectivity index (χ4v) is 4.32. The molecule has 0 fully saturated rings. The van der Waals surface area contributed by atoms with Gasteiger partial charge in [-0.3, -0.25) is 35.2 Å². The number of nitrogens with two attached hydrogens (primary N) is 2. The highest BCUT2D eigenvalue weighted by Crippen LogP contribution is 2.15. The third-order valence-corrected chi connectivity index (χ3v) is 7.03. The predicted molar refractivity (Wildman–Crippen MR) is 228 cm³/mol. The minimum absolute atomic E-state index is 0. The zero-order valence-electron chi connectivity index (χ0n) is 29.8. The highest BCUT2D eigenvalue weighted by molar-refractivity contribution is 5.85. The van der Waals surface area contributed by atoms with Crippen molar-refractivity contribution in [3.8, 4) is 0 Å². The molecule has 298 valence electrons. The van der Waals surface area contributed by atoms with Crippen LogP contribution in [0.15, 0.2) is 146 Å². The molecule has 0 spiro atoms. The number of nitro groups is 2. The average Bonchev–Trinajstić information content (AvgIpc) is 3.18. The molecule has 6 rings (SSSR count). The molecular formula is C40H48Cl2FN9O4. The first-order chi connectivity index (χ1) is 25.7. The van der Waals surface area contributed by atoms with Crippen LogP contribution in [0.3, 0.4) is 0 Å². The van der Waals surface area contributed by atoms with E-state index in [9.17, 15) is 24.6 Å². The Labute approximate surface area is 339 Å². The van der Waals surface area contributed by atoms with Crippen molar-refractivity contribution in [1.29, 1.82) is 0 Å². The summed E-state index contributed by atoms with van der Waals surface area (Å²) in [6.07, 6.45) is 7.98. The lowest BCUT2D eigenvalue weighted by molar-refractivity contribution is -0.385. The number of hydrogen-bond donors (Lipinski definition) is 4. The van der Waals surface area contributed by atoms with Crippen molar-refractivity contribution in [3.63, 3.8) is 0 Å². The molecule has 3 aromatic carbocycles. The monoisotopic (exact) mass is 807 g/mol. The summed E-state index contributed by atoms with van der Waals surface area (Å²) in [5.41, 5.74) is 16.9. The first kappa shape index (κ1) is 49.8. The molecule has 13 nitrogen and oxygen atoms in total. The zero-order chi connectivity index (χ0) is 38.1. The van der Waals surface area contributed by atoms with Gasteiger partial charge in [-0.25, -0.2) is 4.39 Å². The summed E-state index contributed by atoms with van der Waals surface area (Å²) in [6, 6.07) is 36.1. The minimum atomic E-state index is -0.570. The fourth-order valence-electron chi connectivity index (χ4n) is 4.32. The Kier molecular flexibility index (Phi) is 25.9. The third kappa shape index (κ3) is 20.9. The molecule has 0 aliphatic heterocycles. The van der Waals surface area contributed by atoms with E-state index in [2.05, 4.69) is 25.6 Å². The van der Waals surface area contributed by atoms with Crippen LogP contribution in [0.5, 0.6) is 0 Å². The number of hydrogen-bond acceptors (Lipinski definition) is 11. The van der Waals surface area contributed by atoms with E-state index in [0.29, 0.717) is 6.54 Å². The molecule has 0 atom stereocenters. The number of nitrogens with zero attached hydrogens (tertiary/aromatic N) is 5. The Morgan fingerprint density at radius 1 is 0.554 bits per heavy atom. The number of nitrogens with one attached hydrogen (secondary N) is 2. The van der Waals surface area contributed by atoms with Crippen LogP contribution in [0.1, 0.15) is 24.5 Å². The maximum atomic E-state index is 12.1. The minimum Gasteiger partial charge on any atom is -0.399 e. The van der Waals surface area contributed by atoms with E-state index >= 15 is 0 Å². The van der Waals surface area contributed by atoms with Gasteiger partial charge < -0.3 is 22.1 Å². The molecule has 0 radical (unpaired) electrons. The van der Waals surface area contributed by atoms with Crippen molar-refractivity contribution < 1.29 is 14.2 Å². The van der Waals surface area contributed by atoms with Crippen LogP contribution < -0.4 is 22.1 Å². The summed E-state index contributed by atoms with van der Waals surface area (Å²) in [6.45, 7) is 2.30. The van der Waals surface area contributed by atoms with E-state index in [1.807, 2.05) is 85.1 Å². The number of non-ortho nitro benzene ring substituents is 2. The highest BCUT2D eigenvalue weighted by atomic mass is 35.5. The Bertz CT molecular complexity index is 1900. The molecule has 0 amide bonds. The number of halogens is 3. The van der Waals surface area contributed by atoms with Gasteiger partial charge >= 0.3 is 0 Å². The lowest BCUT2D eigenvalue weighted by Crippen LogP contribution is -2.05. The first-order valence-corrected chi connectivity index (χ1v) is 16.6. The predicted octanol–water partition coefficient (Wildman–Crippen LogP) is 8.76. The van der Waals surface area contributed by atoms with Crippen molar-refractivity contribution in [2.45, 2.75) is 26.7 Å². The molecule has 3 heterocycles. The van der Waals surface area contributed by atoms with Gasteiger partial charge in [-0.2, -0.15) is 0 Å². The van der Waals surface area contributed by atoms with Gasteiger partial charge in [0.15, 0.2) is 0 Å². The topological polar surface area (TPSA) is 201 Å². The number of rotatable bonds is 12. The number of nitro benzene ring substituents is 2. The van der Waals surface area contributed by atoms with E-state index < -0.39 is 15.7 Å². The van der Waals surface area contributed by atoms with Gasteiger partial charge in [-0.05, 0) is 91.5 Å². The van der Waals surface area contributed by atoms with E-state index in [0.717, 1.165) is 90.8 Å². The highest BCUT2D eigenvalue weighted by Gasteiger charge is 2.04. The van der Waals surface area contributed by atoms with Gasteiger partial charge in [-0.15, -0.1) is 24.8 Å². The largest absolute Gasteiger partial charge is 0.399 e. The van der Waals surface area contributed by atoms with E-state index in [1.54, 1.807) is 24.5 Å². The number of benzene rings is 3. The molecule has 0 saturated heterocycles. The maximum Gasteiger partial charge on any atom is 0.269 e. The molecule has 0 aliphatic rings. The lowest BCUT2D eigenvalue weighted by Gasteiger charge is -2.06. The van der Waals surface area contributed by atoms with Gasteiger partial charge in [0.05, 0.1) is 9.85 Å². The van der Waals surface area contributed by atoms with Crippen LogP contribution >= 0.6 is 24.8 Å². The summed E-state index contributed by atoms with van der Waals surface area (Å²) >= 11 is 0. The van der Waals surface area contributed by atoms with E-state index in [-0.39, 0.29) is 43.6 Å². The SMILES string of the molecule is C.Cl.Cl.NCCc1ccccn1.Nc1ccc(NCCc2ccccn2)cc1.O=[N+]([O-])c1ccc(F)cc1.O=[N+]([O-])c1ccc(NCCc2ccccn2)cc1. The maximum absolute atomic E-state index is 12.1. The van der Waals surface area contributed by atoms with Gasteiger partial charge in [0.25, 0.3) is 11.4 Å². The summed E-state index contributed by atoms with van der Waals surface area (Å²) in [4.78, 5) is 32.1. The Balaban J connectivity index is 0.000000734. The van der Waals surface area contributed by atoms with Crippen molar-refractivity contribution in [1.82, 2.24) is 15.0 Å². The number of anilines is 3. The van der Waals surface area contributed by atoms with Crippen molar-refractivity contribution >= 4 is 53.3 Å². The van der Waals surface area contributed by atoms with E-state index in [4.69, 9.17) is 11.5 Å². The van der Waals surface area contributed by atoms with Crippen LogP contribution in [-0.4, -0.2) is 44.4 Å². The molecule has 6 aromatic rings. The van der Waals surface area contributed by atoms with Crippen molar-refractivity contribution in [2.75, 3.05) is 36.0 Å². The standard InChI is InChI=1S/C13H13N3O2.C13H15N3.C7H10N2.C6H4FNO2.CH4.2ClH/c17-16(18)13-6-4-12(5-7-13)15-10-8-11-3-1-2-9-14-11;14-11-4-6-13(7-5-11)16-10-8-12-3-1-2-9-15-12;8-5-4-7-3-1-2-6-9-7;7-5-1-3-6(4-2-5)8(9)10;;;/h1-7,9,15H,8,10H2;1-7,9,16H,8,10,14H2;1-3,6H,4-5,8H2;1-4H;1H4;2*1H. The first-order valence-electron chi connectivity index (χ1n) is 16.6. The molecule has 6 N–H and O–H groups in total. The number of nitrogen functional groups attached to an aromatic ring is 1. The fraction of sp³-hybridized carbons (Fsp3) is 0.175. The average molecular weight is 809 g/mol. The van der Waals surface area contributed by atoms with Crippen LogP contribution in [0.2, 0.25) is 0 Å². The molecule has 0 unspecified atom stereocenters. The number of pyridine rings is 3. The van der Waals surface area contributed by atoms with Crippen LogP contribution in [0, 0.1) is 26.0 Å². The molecule has 3 aromatic heterocycles. The zero-order valence-corrected chi connectivity index (χ0v) is 31.5. The Morgan fingerprint density at radius 2 is 0.911 bits per heavy atom. The molecule has 16 heteroatoms. The van der Waals surface area contributed by atoms with Crippen molar-refractivity contribution in [2.24, 2.45) is 5.73 Å². The quantitative estimate of drug-likeness (QED) is 0.0523. The van der Waals surface area contributed by atoms with Crippen LogP contribution in [0.25, 0.3) is 0 Å². The summed E-state index contributed by atoms with van der Waals surface area (Å²) in [5.74, 6) is -0.467. The van der Waals surface area contributed by atoms with Gasteiger partial charge in [0.2, 0.25) is 0 Å². The lowest BCUT2D eigenvalue weighted by atomic mass is 10.2.